The molecule has 1 spiro atoms. The molecule has 5 heterocycles. The van der Waals surface area contributed by atoms with Gasteiger partial charge in [0.2, 0.25) is 23.6 Å². The fraction of sp³-hybridized carbons (Fsp3) is 0.547. The highest BCUT2D eigenvalue weighted by Gasteiger charge is 2.44. The molecule has 5 saturated heterocycles. The number of likely N-dealkylation sites (tertiary alicyclic amines) is 2. The van der Waals surface area contributed by atoms with E-state index in [0.717, 1.165) is 23.2 Å². The molecule has 21 heteroatoms. The van der Waals surface area contributed by atoms with Crippen LogP contribution in [0.2, 0.25) is 24.2 Å². The van der Waals surface area contributed by atoms with Gasteiger partial charge in [-0.25, -0.2) is 18.4 Å². The second-order valence-electron chi connectivity index (χ2n) is 20.3. The lowest BCUT2D eigenvalue weighted by molar-refractivity contribution is -0.141. The van der Waals surface area contributed by atoms with Gasteiger partial charge in [-0.1, -0.05) is 42.8 Å². The van der Waals surface area contributed by atoms with Crippen LogP contribution in [0, 0.1) is 11.6 Å². The summed E-state index contributed by atoms with van der Waals surface area (Å²) in [5.74, 6) is -2.92. The number of benzene rings is 3. The molecular formula is C53H70F2N8O10Si. The van der Waals surface area contributed by atoms with E-state index in [9.17, 15) is 28.8 Å². The molecule has 5 aliphatic rings. The van der Waals surface area contributed by atoms with Gasteiger partial charge in [0.05, 0.1) is 46.6 Å². The minimum absolute atomic E-state index is 0.0152. The fourth-order valence-electron chi connectivity index (χ4n) is 11.6. The van der Waals surface area contributed by atoms with Crippen molar-refractivity contribution >= 4 is 66.6 Å². The number of rotatable bonds is 16. The number of carbonyl (C=O) groups excluding carboxylic acids is 6. The van der Waals surface area contributed by atoms with Gasteiger partial charge in [-0.05, 0) is 112 Å². The molecule has 6 amide bonds. The summed E-state index contributed by atoms with van der Waals surface area (Å²) in [6, 6.07) is 17.9. The molecule has 0 aromatic heterocycles. The largest absolute Gasteiger partial charge is 0.453 e. The van der Waals surface area contributed by atoms with E-state index in [1.165, 1.54) is 68.9 Å². The Balaban J connectivity index is 1.01. The Morgan fingerprint density at radius 3 is 1.36 bits per heavy atom. The van der Waals surface area contributed by atoms with Crippen molar-refractivity contribution in [1.82, 2.24) is 20.4 Å². The summed E-state index contributed by atoms with van der Waals surface area (Å²) in [5, 5.41) is 11.0. The third-order valence-electron chi connectivity index (χ3n) is 16.2. The Labute approximate surface area is 432 Å². The molecule has 0 bridgehead atoms. The predicted octanol–water partition coefficient (Wildman–Crippen LogP) is 7.10. The van der Waals surface area contributed by atoms with E-state index in [2.05, 4.69) is 21.3 Å². The van der Waals surface area contributed by atoms with Crippen molar-refractivity contribution in [2.24, 2.45) is 0 Å². The van der Waals surface area contributed by atoms with Crippen molar-refractivity contribution in [1.29, 1.82) is 0 Å². The number of anilines is 4. The molecule has 5 aliphatic heterocycles. The number of hydrogen-bond acceptors (Lipinski definition) is 12. The molecule has 8 atom stereocenters. The number of nitrogens with one attached hydrogen (secondary N) is 4. The topological polar surface area (TPSA) is 200 Å². The van der Waals surface area contributed by atoms with Crippen LogP contribution < -0.4 is 31.1 Å². The zero-order valence-electron chi connectivity index (χ0n) is 43.1. The van der Waals surface area contributed by atoms with E-state index in [-0.39, 0.29) is 29.6 Å². The van der Waals surface area contributed by atoms with Crippen LogP contribution in [0.1, 0.15) is 82.0 Å². The van der Waals surface area contributed by atoms with Crippen molar-refractivity contribution in [2.75, 3.05) is 75.1 Å². The van der Waals surface area contributed by atoms with Crippen LogP contribution in [-0.2, 0) is 38.1 Å². The highest BCUT2D eigenvalue weighted by molar-refractivity contribution is 6.82. The fourth-order valence-corrected chi connectivity index (χ4v) is 15.7. The summed E-state index contributed by atoms with van der Waals surface area (Å²) in [7, 11) is 3.98. The van der Waals surface area contributed by atoms with Crippen LogP contribution in [0.25, 0.3) is 0 Å². The van der Waals surface area contributed by atoms with Crippen LogP contribution >= 0.6 is 0 Å². The van der Waals surface area contributed by atoms with Crippen LogP contribution in [-0.4, -0.2) is 145 Å². The first-order valence-corrected chi connectivity index (χ1v) is 28.6. The molecular weight excluding hydrogens is 975 g/mol. The highest BCUT2D eigenvalue weighted by atomic mass is 28.3. The Morgan fingerprint density at radius 1 is 0.581 bits per heavy atom. The zero-order valence-corrected chi connectivity index (χ0v) is 44.1. The summed E-state index contributed by atoms with van der Waals surface area (Å²) >= 11 is 0. The minimum Gasteiger partial charge on any atom is -0.453 e. The predicted molar refractivity (Wildman–Crippen MR) is 277 cm³/mol. The maximum Gasteiger partial charge on any atom is 0.407 e. The highest BCUT2D eigenvalue weighted by Crippen LogP contribution is 2.49. The second kappa shape index (κ2) is 23.5. The quantitative estimate of drug-likeness (QED) is 0.106. The average Bonchev–Trinajstić information content (AvgIpc) is 4.20. The van der Waals surface area contributed by atoms with Crippen LogP contribution in [0.4, 0.5) is 41.1 Å². The van der Waals surface area contributed by atoms with Gasteiger partial charge in [-0.2, -0.15) is 0 Å². The van der Waals surface area contributed by atoms with E-state index in [1.807, 2.05) is 34.1 Å². The first kappa shape index (κ1) is 54.0. The number of ether oxygens (including phenoxy) is 4. The van der Waals surface area contributed by atoms with Gasteiger partial charge in [0.15, 0.2) is 11.6 Å². The van der Waals surface area contributed by atoms with Gasteiger partial charge in [-0.3, -0.25) is 19.2 Å². The van der Waals surface area contributed by atoms with Gasteiger partial charge in [-0.15, -0.1) is 0 Å². The summed E-state index contributed by atoms with van der Waals surface area (Å²) in [5.41, 5.74) is 3.10. The molecule has 3 aromatic carbocycles. The number of methoxy groups -OCH3 is 4. The number of alkyl carbamates (subject to hydrolysis) is 2. The Bertz CT molecular complexity index is 2380. The van der Waals surface area contributed by atoms with Gasteiger partial charge in [0.25, 0.3) is 0 Å². The number of nitrogens with zero attached hydrogens (tertiary/aromatic N) is 4. The summed E-state index contributed by atoms with van der Waals surface area (Å²) in [6.07, 6.45) is 1.55. The number of carbonyl (C=O) groups is 6. The number of hydrogen-bond donors (Lipinski definition) is 4. The van der Waals surface area contributed by atoms with Crippen molar-refractivity contribution in [3.05, 3.63) is 83.4 Å². The zero-order chi connectivity index (χ0) is 52.8. The lowest BCUT2D eigenvalue weighted by atomic mass is 10.0. The molecule has 0 aliphatic carbocycles. The molecule has 0 unspecified atom stereocenters. The van der Waals surface area contributed by atoms with E-state index in [4.69, 9.17) is 18.9 Å². The van der Waals surface area contributed by atoms with Gasteiger partial charge in [0, 0.05) is 57.5 Å². The Kier molecular flexibility index (Phi) is 17.1. The standard InChI is InChI=1S/C53H70F2N8O10Si/c1-32(70-3)45(58-52(68)72-5)50(66)61-22-7-10-43(61)48(64)56-36-16-12-34(13-17-36)41-20-21-42(63(41)38-30-39(54)47(40(55)31-38)60-24-28-74(29-25-60)26-9-27-74)35-14-18-37(19-15-35)57-49(65)44-11-8-23-62(44)51(67)46(33(2)71-4)59-53(69)73-6/h12-19,30-33,41-46H,7-11,20-29H2,1-6H3,(H,56,64)(H,57,65)(H,58,68)(H,59,69)/t32-,33-,41+,42+,43+,44+,45+,46+/m1/s1. The summed E-state index contributed by atoms with van der Waals surface area (Å²) < 4.78 is 53.2. The van der Waals surface area contributed by atoms with E-state index in [1.54, 1.807) is 38.1 Å². The molecule has 400 valence electrons. The van der Waals surface area contributed by atoms with Crippen LogP contribution in [0.15, 0.2) is 60.7 Å². The number of amides is 6. The summed E-state index contributed by atoms with van der Waals surface area (Å²) in [4.78, 5) is 86.1. The normalized spacial score (nSPS) is 22.8. The molecule has 18 nitrogen and oxygen atoms in total. The molecule has 0 saturated carbocycles. The first-order chi connectivity index (χ1) is 35.6. The van der Waals surface area contributed by atoms with Crippen molar-refractivity contribution in [3.63, 3.8) is 0 Å². The maximum absolute atomic E-state index is 16.5. The minimum atomic E-state index is -1.27. The second-order valence-corrected chi connectivity index (χ2v) is 25.3. The van der Waals surface area contributed by atoms with Crippen molar-refractivity contribution < 1.29 is 56.5 Å². The van der Waals surface area contributed by atoms with Gasteiger partial charge < -0.3 is 59.8 Å². The lowest BCUT2D eigenvalue weighted by Crippen LogP contribution is -2.56. The van der Waals surface area contributed by atoms with Gasteiger partial charge >= 0.3 is 12.2 Å². The van der Waals surface area contributed by atoms with E-state index in [0.29, 0.717) is 81.8 Å². The Hall–Kier alpha value is -6.32. The molecule has 3 aromatic rings. The van der Waals surface area contributed by atoms with Crippen molar-refractivity contribution in [3.8, 4) is 0 Å². The van der Waals surface area contributed by atoms with Crippen molar-refractivity contribution in [2.45, 2.75) is 131 Å². The monoisotopic (exact) mass is 1040 g/mol. The van der Waals surface area contributed by atoms with E-state index >= 15 is 8.78 Å². The third-order valence-corrected chi connectivity index (χ3v) is 21.6. The lowest BCUT2D eigenvalue weighted by Gasteiger charge is -2.47. The molecule has 74 heavy (non-hydrogen) atoms. The molecule has 4 N–H and O–H groups in total. The summed E-state index contributed by atoms with van der Waals surface area (Å²) in [6.45, 7) is 5.24. The van der Waals surface area contributed by atoms with Crippen LogP contribution in [0.5, 0.6) is 0 Å². The SMILES string of the molecule is COC(=O)N[C@H](C(=O)N1CCC[C@H]1C(=O)Nc1ccc([C@@H]2CC[C@@H](c3ccc(NC(=O)[C@@H]4CCCN4C(=O)[C@@H](NC(=O)OC)[C@@H](C)OC)cc3)N2c2cc(F)c(N3CC[Si]4(CCC4)CC3)c(F)c2)cc1)[C@@H](C)OC. The molecule has 0 radical (unpaired) electrons. The van der Waals surface area contributed by atoms with E-state index < -0.39 is 80.1 Å². The molecule has 5 fully saturated rings. The Morgan fingerprint density at radius 2 is 1.00 bits per heavy atom. The number of halogens is 2. The smallest absolute Gasteiger partial charge is 0.407 e. The third kappa shape index (κ3) is 11.5. The van der Waals surface area contributed by atoms with Gasteiger partial charge in [0.1, 0.15) is 29.9 Å². The first-order valence-electron chi connectivity index (χ1n) is 25.8. The molecule has 8 rings (SSSR count). The maximum atomic E-state index is 16.5. The van der Waals surface area contributed by atoms with Crippen LogP contribution in [0.3, 0.4) is 0 Å². The average molecular weight is 1050 g/mol.